The zero-order valence-electron chi connectivity index (χ0n) is 15.2. The Morgan fingerprint density at radius 3 is 2.63 bits per heavy atom. The predicted molar refractivity (Wildman–Crippen MR) is 108 cm³/mol. The molecule has 1 aliphatic heterocycles. The standard InChI is InChI=1S/C20H23N3O2S2/c1-22-11-4-8-18(22)19(14-21-27(24,25)20-9-5-13-26-20)23-12-10-16-6-2-3-7-17(16)15-23/h2-9,11,13,19,21H,10,12,14-15H2,1H3/t19-/m1/s1. The van der Waals surface area contributed by atoms with Crippen LogP contribution in [0.5, 0.6) is 0 Å². The van der Waals surface area contributed by atoms with Crippen LogP contribution in [0.15, 0.2) is 64.3 Å². The summed E-state index contributed by atoms with van der Waals surface area (Å²) in [5.41, 5.74) is 3.82. The van der Waals surface area contributed by atoms with Crippen molar-refractivity contribution in [2.45, 2.75) is 23.2 Å². The second-order valence-corrected chi connectivity index (χ2v) is 9.77. The summed E-state index contributed by atoms with van der Waals surface area (Å²) in [6.07, 6.45) is 2.99. The van der Waals surface area contributed by atoms with Crippen molar-refractivity contribution in [2.75, 3.05) is 13.1 Å². The van der Waals surface area contributed by atoms with Crippen LogP contribution in [0.1, 0.15) is 22.9 Å². The van der Waals surface area contributed by atoms with E-state index in [4.69, 9.17) is 0 Å². The molecule has 0 spiro atoms. The molecule has 1 aliphatic rings. The molecule has 3 heterocycles. The van der Waals surface area contributed by atoms with Gasteiger partial charge in [0.25, 0.3) is 0 Å². The smallest absolute Gasteiger partial charge is 0.250 e. The Labute approximate surface area is 164 Å². The summed E-state index contributed by atoms with van der Waals surface area (Å²) < 4.78 is 30.5. The Kier molecular flexibility index (Phi) is 5.19. The van der Waals surface area contributed by atoms with Crippen molar-refractivity contribution in [3.63, 3.8) is 0 Å². The van der Waals surface area contributed by atoms with Gasteiger partial charge in [0, 0.05) is 38.6 Å². The van der Waals surface area contributed by atoms with Gasteiger partial charge >= 0.3 is 0 Å². The van der Waals surface area contributed by atoms with Crippen LogP contribution in [0.3, 0.4) is 0 Å². The third kappa shape index (κ3) is 3.87. The molecule has 0 fully saturated rings. The van der Waals surface area contributed by atoms with Gasteiger partial charge < -0.3 is 4.57 Å². The van der Waals surface area contributed by atoms with Gasteiger partial charge in [-0.2, -0.15) is 0 Å². The van der Waals surface area contributed by atoms with E-state index in [1.807, 2.05) is 19.3 Å². The van der Waals surface area contributed by atoms with Crippen LogP contribution in [0.2, 0.25) is 0 Å². The zero-order valence-corrected chi connectivity index (χ0v) is 16.8. The lowest BCUT2D eigenvalue weighted by Crippen LogP contribution is -2.41. The summed E-state index contributed by atoms with van der Waals surface area (Å²) in [6, 6.07) is 16.0. The molecule has 0 amide bonds. The van der Waals surface area contributed by atoms with Crippen LogP contribution in [0, 0.1) is 0 Å². The molecule has 7 heteroatoms. The molecule has 0 saturated heterocycles. The number of aryl methyl sites for hydroxylation is 1. The van der Waals surface area contributed by atoms with Crippen molar-refractivity contribution in [3.05, 3.63) is 76.9 Å². The van der Waals surface area contributed by atoms with E-state index in [0.717, 1.165) is 25.2 Å². The molecule has 3 aromatic rings. The lowest BCUT2D eigenvalue weighted by molar-refractivity contribution is 0.174. The number of benzene rings is 1. The second-order valence-electron chi connectivity index (χ2n) is 6.83. The molecule has 0 aliphatic carbocycles. The number of sulfonamides is 1. The number of fused-ring (bicyclic) bond motifs is 1. The number of aromatic nitrogens is 1. The van der Waals surface area contributed by atoms with Crippen LogP contribution in [-0.2, 0) is 30.0 Å². The van der Waals surface area contributed by atoms with Gasteiger partial charge in [0.15, 0.2) is 0 Å². The maximum absolute atomic E-state index is 12.6. The van der Waals surface area contributed by atoms with Crippen LogP contribution in [-0.4, -0.2) is 31.0 Å². The van der Waals surface area contributed by atoms with Crippen LogP contribution < -0.4 is 4.72 Å². The van der Waals surface area contributed by atoms with Crippen LogP contribution >= 0.6 is 11.3 Å². The predicted octanol–water partition coefficient (Wildman–Crippen LogP) is 3.16. The minimum atomic E-state index is -3.48. The van der Waals surface area contributed by atoms with Crippen molar-refractivity contribution >= 4 is 21.4 Å². The molecule has 27 heavy (non-hydrogen) atoms. The van der Waals surface area contributed by atoms with E-state index in [1.165, 1.54) is 22.5 Å². The summed E-state index contributed by atoms with van der Waals surface area (Å²) >= 11 is 1.24. The number of rotatable bonds is 6. The van der Waals surface area contributed by atoms with Gasteiger partial charge in [0.2, 0.25) is 10.0 Å². The first-order valence-corrected chi connectivity index (χ1v) is 11.4. The largest absolute Gasteiger partial charge is 0.353 e. The highest BCUT2D eigenvalue weighted by Crippen LogP contribution is 2.28. The van der Waals surface area contributed by atoms with Gasteiger partial charge in [-0.3, -0.25) is 4.90 Å². The minimum absolute atomic E-state index is 0.0203. The number of nitrogens with one attached hydrogen (secondary N) is 1. The number of hydrogen-bond acceptors (Lipinski definition) is 4. The van der Waals surface area contributed by atoms with E-state index < -0.39 is 10.0 Å². The lowest BCUT2D eigenvalue weighted by Gasteiger charge is -2.36. The van der Waals surface area contributed by atoms with Gasteiger partial charge in [-0.1, -0.05) is 30.3 Å². The molecule has 0 unspecified atom stereocenters. The third-order valence-electron chi connectivity index (χ3n) is 5.15. The first-order chi connectivity index (χ1) is 13.0. The van der Waals surface area contributed by atoms with Crippen molar-refractivity contribution in [2.24, 2.45) is 7.05 Å². The number of hydrogen-bond donors (Lipinski definition) is 1. The van der Waals surface area contributed by atoms with Crippen molar-refractivity contribution in [1.29, 1.82) is 0 Å². The van der Waals surface area contributed by atoms with Gasteiger partial charge in [-0.05, 0) is 41.1 Å². The van der Waals surface area contributed by atoms with Crippen molar-refractivity contribution in [1.82, 2.24) is 14.2 Å². The average molecular weight is 402 g/mol. The van der Waals surface area contributed by atoms with Crippen LogP contribution in [0.25, 0.3) is 0 Å². The molecule has 1 atom stereocenters. The van der Waals surface area contributed by atoms with Gasteiger partial charge in [-0.15, -0.1) is 11.3 Å². The van der Waals surface area contributed by atoms with Crippen LogP contribution in [0.4, 0.5) is 0 Å². The average Bonchev–Trinajstić information content (AvgIpc) is 3.35. The SMILES string of the molecule is Cn1cccc1[C@@H](CNS(=O)(=O)c1cccs1)N1CCc2ccccc2C1. The fourth-order valence-corrected chi connectivity index (χ4v) is 5.78. The highest BCUT2D eigenvalue weighted by molar-refractivity contribution is 7.91. The highest BCUT2D eigenvalue weighted by Gasteiger charge is 2.28. The lowest BCUT2D eigenvalue weighted by atomic mass is 9.98. The molecule has 5 nitrogen and oxygen atoms in total. The maximum atomic E-state index is 12.6. The molecular weight excluding hydrogens is 378 g/mol. The molecule has 142 valence electrons. The maximum Gasteiger partial charge on any atom is 0.250 e. The topological polar surface area (TPSA) is 54.3 Å². The molecular formula is C20H23N3O2S2. The van der Waals surface area contributed by atoms with E-state index in [2.05, 4.69) is 44.5 Å². The molecule has 0 bridgehead atoms. The summed E-state index contributed by atoms with van der Waals surface area (Å²) in [4.78, 5) is 2.37. The quantitative estimate of drug-likeness (QED) is 0.690. The van der Waals surface area contributed by atoms with E-state index in [0.29, 0.717) is 10.8 Å². The Morgan fingerprint density at radius 2 is 1.93 bits per heavy atom. The first kappa shape index (κ1) is 18.4. The molecule has 2 aromatic heterocycles. The normalized spacial score (nSPS) is 16.2. The Morgan fingerprint density at radius 1 is 1.11 bits per heavy atom. The van der Waals surface area contributed by atoms with Gasteiger partial charge in [-0.25, -0.2) is 13.1 Å². The summed E-state index contributed by atoms with van der Waals surface area (Å²) in [5.74, 6) is 0. The van der Waals surface area contributed by atoms with E-state index in [9.17, 15) is 8.42 Å². The zero-order chi connectivity index (χ0) is 18.9. The third-order valence-corrected chi connectivity index (χ3v) is 7.97. The van der Waals surface area contributed by atoms with E-state index >= 15 is 0 Å². The monoisotopic (exact) mass is 401 g/mol. The number of nitrogens with zero attached hydrogens (tertiary/aromatic N) is 2. The molecule has 4 rings (SSSR count). The number of thiophene rings is 1. The second kappa shape index (κ2) is 7.59. The Balaban J connectivity index is 1.58. The highest BCUT2D eigenvalue weighted by atomic mass is 32.2. The van der Waals surface area contributed by atoms with Crippen molar-refractivity contribution in [3.8, 4) is 0 Å². The molecule has 0 radical (unpaired) electrons. The Bertz CT molecular complexity index is 1010. The van der Waals surface area contributed by atoms with Crippen molar-refractivity contribution < 1.29 is 8.42 Å². The first-order valence-electron chi connectivity index (χ1n) is 9.00. The van der Waals surface area contributed by atoms with E-state index in [-0.39, 0.29) is 6.04 Å². The van der Waals surface area contributed by atoms with Gasteiger partial charge in [0.1, 0.15) is 4.21 Å². The molecule has 0 saturated carbocycles. The summed E-state index contributed by atoms with van der Waals surface area (Å²) in [5, 5.41) is 1.78. The summed E-state index contributed by atoms with van der Waals surface area (Å²) in [7, 11) is -1.47. The van der Waals surface area contributed by atoms with E-state index in [1.54, 1.807) is 17.5 Å². The van der Waals surface area contributed by atoms with Gasteiger partial charge in [0.05, 0.1) is 6.04 Å². The fraction of sp³-hybridized carbons (Fsp3) is 0.300. The fourth-order valence-electron chi connectivity index (χ4n) is 3.70. The molecule has 1 N–H and O–H groups in total. The molecule has 1 aromatic carbocycles. The minimum Gasteiger partial charge on any atom is -0.353 e. The summed E-state index contributed by atoms with van der Waals surface area (Å²) in [6.45, 7) is 2.08. The Hall–Kier alpha value is -1.93.